The van der Waals surface area contributed by atoms with E-state index in [4.69, 9.17) is 9.47 Å². The van der Waals surface area contributed by atoms with Gasteiger partial charge in [0.05, 0.1) is 6.61 Å². The predicted molar refractivity (Wildman–Crippen MR) is 75.4 cm³/mol. The Balaban J connectivity index is 2.25. The van der Waals surface area contributed by atoms with Crippen molar-refractivity contribution >= 4 is 11.9 Å². The molecule has 0 fully saturated rings. The van der Waals surface area contributed by atoms with Gasteiger partial charge in [-0.15, -0.1) is 0 Å². The van der Waals surface area contributed by atoms with Crippen LogP contribution in [0.25, 0.3) is 0 Å². The van der Waals surface area contributed by atoms with Gasteiger partial charge in [0.15, 0.2) is 6.10 Å². The number of carbonyl (C=O) groups excluding carboxylic acids is 2. The molecule has 0 aliphatic heterocycles. The molecule has 0 aliphatic carbocycles. The van der Waals surface area contributed by atoms with E-state index in [1.165, 1.54) is 24.3 Å². The normalized spacial score (nSPS) is 11.6. The van der Waals surface area contributed by atoms with Crippen molar-refractivity contribution in [2.24, 2.45) is 0 Å². The molecule has 0 aliphatic rings. The van der Waals surface area contributed by atoms with Crippen LogP contribution in [0.15, 0.2) is 24.3 Å². The van der Waals surface area contributed by atoms with Gasteiger partial charge in [0, 0.05) is 13.0 Å². The van der Waals surface area contributed by atoms with E-state index in [2.05, 4.69) is 5.32 Å². The van der Waals surface area contributed by atoms with Gasteiger partial charge in [0.1, 0.15) is 11.6 Å². The Labute approximate surface area is 123 Å². The maximum absolute atomic E-state index is 12.7. The van der Waals surface area contributed by atoms with Crippen LogP contribution in [0.3, 0.4) is 0 Å². The molecule has 21 heavy (non-hydrogen) atoms. The molecule has 1 aromatic carbocycles. The Bertz CT molecular complexity index is 461. The first-order valence-electron chi connectivity index (χ1n) is 6.88. The van der Waals surface area contributed by atoms with E-state index in [1.54, 1.807) is 13.8 Å². The Morgan fingerprint density at radius 1 is 1.29 bits per heavy atom. The van der Waals surface area contributed by atoms with Crippen LogP contribution in [0.1, 0.15) is 26.7 Å². The van der Waals surface area contributed by atoms with Crippen molar-refractivity contribution < 1.29 is 23.5 Å². The van der Waals surface area contributed by atoms with E-state index < -0.39 is 6.10 Å². The first kappa shape index (κ1) is 16.9. The molecule has 1 rings (SSSR count). The molecule has 0 radical (unpaired) electrons. The molecule has 5 nitrogen and oxygen atoms in total. The van der Waals surface area contributed by atoms with Crippen LogP contribution < -0.4 is 10.1 Å². The van der Waals surface area contributed by atoms with E-state index in [9.17, 15) is 14.0 Å². The molecule has 0 bridgehead atoms. The van der Waals surface area contributed by atoms with Gasteiger partial charge in [-0.2, -0.15) is 0 Å². The van der Waals surface area contributed by atoms with Crippen molar-refractivity contribution in [3.63, 3.8) is 0 Å². The van der Waals surface area contributed by atoms with Gasteiger partial charge in [0.25, 0.3) is 5.91 Å². The third kappa shape index (κ3) is 6.74. The fraction of sp³-hybridized carbons (Fsp3) is 0.467. The van der Waals surface area contributed by atoms with Crippen molar-refractivity contribution in [2.75, 3.05) is 13.2 Å². The van der Waals surface area contributed by atoms with E-state index in [-0.39, 0.29) is 24.1 Å². The zero-order chi connectivity index (χ0) is 15.7. The monoisotopic (exact) mass is 297 g/mol. The summed E-state index contributed by atoms with van der Waals surface area (Å²) in [6, 6.07) is 5.44. The number of ether oxygens (including phenoxy) is 2. The average Bonchev–Trinajstić information content (AvgIpc) is 2.46. The molecular weight excluding hydrogens is 277 g/mol. The summed E-state index contributed by atoms with van der Waals surface area (Å²) in [6.07, 6.45) is 0.0767. The van der Waals surface area contributed by atoms with Gasteiger partial charge < -0.3 is 14.8 Å². The van der Waals surface area contributed by atoms with Crippen molar-refractivity contribution in [3.05, 3.63) is 30.1 Å². The Hall–Kier alpha value is -2.11. The summed E-state index contributed by atoms with van der Waals surface area (Å²) in [6.45, 7) is 4.07. The molecule has 1 atom stereocenters. The summed E-state index contributed by atoms with van der Waals surface area (Å²) in [7, 11) is 0. The minimum atomic E-state index is -0.696. The number of benzene rings is 1. The van der Waals surface area contributed by atoms with Gasteiger partial charge >= 0.3 is 5.97 Å². The van der Waals surface area contributed by atoms with Crippen LogP contribution in [0.5, 0.6) is 5.75 Å². The van der Waals surface area contributed by atoms with E-state index in [0.717, 1.165) is 0 Å². The van der Waals surface area contributed by atoms with Crippen molar-refractivity contribution in [3.8, 4) is 5.75 Å². The summed E-state index contributed by atoms with van der Waals surface area (Å²) in [5.74, 6) is -0.505. The standard InChI is InChI=1S/C15H20FNO4/c1-3-20-14(18)5-4-10-17-15(19)11(2)21-13-8-6-12(16)7-9-13/h6-9,11H,3-5,10H2,1-2H3,(H,17,19). The number of esters is 1. The highest BCUT2D eigenvalue weighted by molar-refractivity contribution is 5.80. The van der Waals surface area contributed by atoms with Gasteiger partial charge in [0.2, 0.25) is 0 Å². The molecule has 1 N–H and O–H groups in total. The molecule has 0 spiro atoms. The summed E-state index contributed by atoms with van der Waals surface area (Å²) in [4.78, 5) is 22.9. The second-order valence-corrected chi connectivity index (χ2v) is 4.41. The number of amides is 1. The average molecular weight is 297 g/mol. The van der Waals surface area contributed by atoms with Crippen LogP contribution in [-0.2, 0) is 14.3 Å². The zero-order valence-corrected chi connectivity index (χ0v) is 12.2. The minimum Gasteiger partial charge on any atom is -0.481 e. The third-order valence-corrected chi connectivity index (χ3v) is 2.66. The van der Waals surface area contributed by atoms with Crippen molar-refractivity contribution in [2.45, 2.75) is 32.8 Å². The quantitative estimate of drug-likeness (QED) is 0.589. The second kappa shape index (κ2) is 8.94. The van der Waals surface area contributed by atoms with Crippen LogP contribution in [0.4, 0.5) is 4.39 Å². The van der Waals surface area contributed by atoms with Crippen LogP contribution in [0, 0.1) is 5.82 Å². The maximum Gasteiger partial charge on any atom is 0.305 e. The SMILES string of the molecule is CCOC(=O)CCCNC(=O)C(C)Oc1ccc(F)cc1. The van der Waals surface area contributed by atoms with E-state index >= 15 is 0 Å². The van der Waals surface area contributed by atoms with Crippen molar-refractivity contribution in [1.82, 2.24) is 5.32 Å². The molecule has 1 unspecified atom stereocenters. The van der Waals surface area contributed by atoms with Crippen LogP contribution >= 0.6 is 0 Å². The highest BCUT2D eigenvalue weighted by Crippen LogP contribution is 2.12. The van der Waals surface area contributed by atoms with Crippen LogP contribution in [0.2, 0.25) is 0 Å². The predicted octanol–water partition coefficient (Wildman–Crippen LogP) is 2.05. The number of halogens is 1. The second-order valence-electron chi connectivity index (χ2n) is 4.41. The highest BCUT2D eigenvalue weighted by atomic mass is 19.1. The molecule has 0 saturated carbocycles. The molecule has 6 heteroatoms. The van der Waals surface area contributed by atoms with Gasteiger partial charge in [-0.05, 0) is 44.5 Å². The number of rotatable bonds is 8. The highest BCUT2D eigenvalue weighted by Gasteiger charge is 2.14. The van der Waals surface area contributed by atoms with Gasteiger partial charge in [-0.3, -0.25) is 9.59 Å². The number of hydrogen-bond donors (Lipinski definition) is 1. The molecule has 1 amide bonds. The molecular formula is C15H20FNO4. The smallest absolute Gasteiger partial charge is 0.305 e. The fourth-order valence-electron chi connectivity index (χ4n) is 1.59. The number of carbonyl (C=O) groups is 2. The minimum absolute atomic E-state index is 0.265. The largest absolute Gasteiger partial charge is 0.481 e. The first-order valence-corrected chi connectivity index (χ1v) is 6.88. The molecule has 0 aromatic heterocycles. The fourth-order valence-corrected chi connectivity index (χ4v) is 1.59. The van der Waals surface area contributed by atoms with E-state index in [1.807, 2.05) is 0 Å². The maximum atomic E-state index is 12.7. The Morgan fingerprint density at radius 2 is 1.95 bits per heavy atom. The lowest BCUT2D eigenvalue weighted by atomic mass is 10.3. The van der Waals surface area contributed by atoms with Crippen molar-refractivity contribution in [1.29, 1.82) is 0 Å². The topological polar surface area (TPSA) is 64.6 Å². The zero-order valence-electron chi connectivity index (χ0n) is 12.2. The van der Waals surface area contributed by atoms with E-state index in [0.29, 0.717) is 25.3 Å². The van der Waals surface area contributed by atoms with Gasteiger partial charge in [-0.25, -0.2) is 4.39 Å². The summed E-state index contributed by atoms with van der Waals surface area (Å²) < 4.78 is 22.9. The molecule has 0 saturated heterocycles. The summed E-state index contributed by atoms with van der Waals surface area (Å²) >= 11 is 0. The van der Waals surface area contributed by atoms with Gasteiger partial charge in [-0.1, -0.05) is 0 Å². The first-order chi connectivity index (χ1) is 10.0. The lowest BCUT2D eigenvalue weighted by molar-refractivity contribution is -0.143. The Kier molecular flexibility index (Phi) is 7.21. The lowest BCUT2D eigenvalue weighted by Gasteiger charge is -2.14. The van der Waals surface area contributed by atoms with Crippen LogP contribution in [-0.4, -0.2) is 31.1 Å². The Morgan fingerprint density at radius 3 is 2.57 bits per heavy atom. The summed E-state index contributed by atoms with van der Waals surface area (Å²) in [5, 5.41) is 2.67. The molecule has 1 aromatic rings. The molecule has 116 valence electrons. The third-order valence-electron chi connectivity index (χ3n) is 2.66. The number of hydrogen-bond acceptors (Lipinski definition) is 4. The molecule has 0 heterocycles. The number of nitrogens with one attached hydrogen (secondary N) is 1. The summed E-state index contributed by atoms with van der Waals surface area (Å²) in [5.41, 5.74) is 0. The lowest BCUT2D eigenvalue weighted by Crippen LogP contribution is -2.37.